The lowest BCUT2D eigenvalue weighted by atomic mass is 10.2. The number of aromatic hydroxyl groups is 1. The Morgan fingerprint density at radius 1 is 1.42 bits per heavy atom. The fourth-order valence-corrected chi connectivity index (χ4v) is 2.52. The molecule has 3 rings (SSSR count). The monoisotopic (exact) mass is 277 g/mol. The topological polar surface area (TPSA) is 63.1 Å². The van der Waals surface area contributed by atoms with Crippen LogP contribution in [0.1, 0.15) is 12.8 Å². The van der Waals surface area contributed by atoms with Crippen LogP contribution in [0.2, 0.25) is 0 Å². The van der Waals surface area contributed by atoms with Crippen LogP contribution < -0.4 is 0 Å². The zero-order valence-electron chi connectivity index (χ0n) is 10.4. The van der Waals surface area contributed by atoms with Gasteiger partial charge in [0.05, 0.1) is 12.6 Å². The molecule has 2 aromatic rings. The molecule has 1 saturated heterocycles. The molecular weight excluding hydrogens is 262 g/mol. The first-order valence-electron chi connectivity index (χ1n) is 6.30. The van der Waals surface area contributed by atoms with Crippen molar-refractivity contribution in [2.75, 3.05) is 6.61 Å². The van der Waals surface area contributed by atoms with Gasteiger partial charge in [-0.15, -0.1) is 0 Å². The molecule has 1 aliphatic rings. The number of hydrogen-bond acceptors (Lipinski definition) is 4. The number of benzene rings is 1. The molecule has 19 heavy (non-hydrogen) atoms. The van der Waals surface area contributed by atoms with E-state index in [0.717, 1.165) is 30.8 Å². The SMILES string of the molecule is Oc1ccc(-c2n[nH]c(=S)n2C[C@H]2CCCO2)cc1. The van der Waals surface area contributed by atoms with Gasteiger partial charge in [0.1, 0.15) is 5.75 Å². The molecule has 0 aliphatic carbocycles. The van der Waals surface area contributed by atoms with Crippen LogP contribution in [0, 0.1) is 4.77 Å². The second kappa shape index (κ2) is 5.14. The molecule has 0 bridgehead atoms. The number of phenols is 1. The van der Waals surface area contributed by atoms with Crippen LogP contribution in [0.15, 0.2) is 24.3 Å². The molecule has 5 nitrogen and oxygen atoms in total. The van der Waals surface area contributed by atoms with E-state index in [4.69, 9.17) is 17.0 Å². The summed E-state index contributed by atoms with van der Waals surface area (Å²) < 4.78 is 8.19. The van der Waals surface area contributed by atoms with Crippen molar-refractivity contribution in [2.24, 2.45) is 0 Å². The smallest absolute Gasteiger partial charge is 0.195 e. The summed E-state index contributed by atoms with van der Waals surface area (Å²) in [6.45, 7) is 1.54. The Hall–Kier alpha value is -1.66. The second-order valence-corrected chi connectivity index (χ2v) is 5.03. The minimum absolute atomic E-state index is 0.208. The fraction of sp³-hybridized carbons (Fsp3) is 0.385. The summed E-state index contributed by atoms with van der Waals surface area (Å²) in [5.74, 6) is 1.02. The van der Waals surface area contributed by atoms with Gasteiger partial charge < -0.3 is 9.84 Å². The number of rotatable bonds is 3. The Bertz CT molecular complexity index is 612. The predicted molar refractivity (Wildman–Crippen MR) is 73.5 cm³/mol. The maximum Gasteiger partial charge on any atom is 0.195 e. The molecule has 1 aromatic heterocycles. The summed E-state index contributed by atoms with van der Waals surface area (Å²) in [4.78, 5) is 0. The van der Waals surface area contributed by atoms with Gasteiger partial charge in [-0.1, -0.05) is 0 Å². The fourth-order valence-electron chi connectivity index (χ4n) is 2.31. The number of aromatic amines is 1. The number of nitrogens with zero attached hydrogens (tertiary/aromatic N) is 2. The summed E-state index contributed by atoms with van der Waals surface area (Å²) in [5.41, 5.74) is 0.920. The Labute approximate surface area is 115 Å². The van der Waals surface area contributed by atoms with E-state index in [9.17, 15) is 5.11 Å². The van der Waals surface area contributed by atoms with Gasteiger partial charge >= 0.3 is 0 Å². The van der Waals surface area contributed by atoms with Gasteiger partial charge in [-0.25, -0.2) is 0 Å². The third-order valence-corrected chi connectivity index (χ3v) is 3.61. The normalized spacial score (nSPS) is 18.8. The van der Waals surface area contributed by atoms with Crippen molar-refractivity contribution in [3.63, 3.8) is 0 Å². The molecule has 1 aliphatic heterocycles. The Balaban J connectivity index is 1.93. The molecule has 0 spiro atoms. The minimum atomic E-state index is 0.208. The van der Waals surface area contributed by atoms with Crippen LogP contribution in [-0.2, 0) is 11.3 Å². The summed E-state index contributed by atoms with van der Waals surface area (Å²) >= 11 is 5.27. The van der Waals surface area contributed by atoms with E-state index in [0.29, 0.717) is 11.3 Å². The molecule has 0 amide bonds. The highest BCUT2D eigenvalue weighted by Gasteiger charge is 2.19. The molecule has 6 heteroatoms. The lowest BCUT2D eigenvalue weighted by molar-refractivity contribution is 0.0970. The average molecular weight is 277 g/mol. The van der Waals surface area contributed by atoms with Crippen molar-refractivity contribution in [2.45, 2.75) is 25.5 Å². The Kier molecular flexibility index (Phi) is 3.35. The van der Waals surface area contributed by atoms with Gasteiger partial charge in [0.15, 0.2) is 10.6 Å². The van der Waals surface area contributed by atoms with E-state index in [-0.39, 0.29) is 11.9 Å². The largest absolute Gasteiger partial charge is 0.508 e. The maximum absolute atomic E-state index is 9.33. The lowest BCUT2D eigenvalue weighted by Crippen LogP contribution is -2.15. The number of nitrogens with one attached hydrogen (secondary N) is 1. The number of H-pyrrole nitrogens is 1. The van der Waals surface area contributed by atoms with E-state index >= 15 is 0 Å². The van der Waals surface area contributed by atoms with E-state index in [1.807, 2.05) is 16.7 Å². The molecular formula is C13H15N3O2S. The average Bonchev–Trinajstić information content (AvgIpc) is 3.03. The molecule has 1 atom stereocenters. The standard InChI is InChI=1S/C13H15N3O2S/c17-10-5-3-9(4-6-10)12-14-15-13(19)16(12)8-11-2-1-7-18-11/h3-6,11,17H,1-2,7-8H2,(H,15,19)/t11-/m1/s1. The molecule has 2 N–H and O–H groups in total. The third-order valence-electron chi connectivity index (χ3n) is 3.29. The quantitative estimate of drug-likeness (QED) is 0.846. The van der Waals surface area contributed by atoms with Gasteiger partial charge in [-0.2, -0.15) is 5.10 Å². The molecule has 0 radical (unpaired) electrons. The number of phenolic OH excluding ortho intramolecular Hbond substituents is 1. The first kappa shape index (κ1) is 12.4. The number of hydrogen-bond donors (Lipinski definition) is 2. The lowest BCUT2D eigenvalue weighted by Gasteiger charge is -2.12. The summed E-state index contributed by atoms with van der Waals surface area (Å²) in [6, 6.07) is 6.94. The summed E-state index contributed by atoms with van der Waals surface area (Å²) in [7, 11) is 0. The van der Waals surface area contributed by atoms with Gasteiger partial charge in [-0.05, 0) is 49.3 Å². The second-order valence-electron chi connectivity index (χ2n) is 4.64. The first-order valence-corrected chi connectivity index (χ1v) is 6.71. The summed E-state index contributed by atoms with van der Waals surface area (Å²) in [6.07, 6.45) is 2.37. The Morgan fingerprint density at radius 2 is 2.21 bits per heavy atom. The first-order chi connectivity index (χ1) is 9.24. The highest BCUT2D eigenvalue weighted by molar-refractivity contribution is 7.71. The van der Waals surface area contributed by atoms with E-state index in [2.05, 4.69) is 10.2 Å². The van der Waals surface area contributed by atoms with Crippen molar-refractivity contribution < 1.29 is 9.84 Å². The van der Waals surface area contributed by atoms with Crippen molar-refractivity contribution in [1.82, 2.24) is 14.8 Å². The van der Waals surface area contributed by atoms with Gasteiger partial charge in [-0.3, -0.25) is 9.67 Å². The van der Waals surface area contributed by atoms with Crippen molar-refractivity contribution in [1.29, 1.82) is 0 Å². The minimum Gasteiger partial charge on any atom is -0.508 e. The highest BCUT2D eigenvalue weighted by Crippen LogP contribution is 2.22. The molecule has 1 fully saturated rings. The van der Waals surface area contributed by atoms with E-state index < -0.39 is 0 Å². The van der Waals surface area contributed by atoms with Crippen LogP contribution in [0.4, 0.5) is 0 Å². The van der Waals surface area contributed by atoms with Crippen molar-refractivity contribution in [3.05, 3.63) is 29.0 Å². The summed E-state index contributed by atoms with van der Waals surface area (Å²) in [5, 5.41) is 16.4. The number of ether oxygens (including phenoxy) is 1. The highest BCUT2D eigenvalue weighted by atomic mass is 32.1. The predicted octanol–water partition coefficient (Wildman–Crippen LogP) is 2.49. The maximum atomic E-state index is 9.33. The Morgan fingerprint density at radius 3 is 2.89 bits per heavy atom. The molecule has 2 heterocycles. The van der Waals surface area contributed by atoms with Gasteiger partial charge in [0.25, 0.3) is 0 Å². The van der Waals surface area contributed by atoms with Gasteiger partial charge in [0.2, 0.25) is 0 Å². The zero-order chi connectivity index (χ0) is 13.2. The van der Waals surface area contributed by atoms with Crippen LogP contribution in [0.25, 0.3) is 11.4 Å². The number of aromatic nitrogens is 3. The van der Waals surface area contributed by atoms with Gasteiger partial charge in [0, 0.05) is 12.2 Å². The zero-order valence-corrected chi connectivity index (χ0v) is 11.2. The van der Waals surface area contributed by atoms with E-state index in [1.54, 1.807) is 12.1 Å². The van der Waals surface area contributed by atoms with E-state index in [1.165, 1.54) is 0 Å². The van der Waals surface area contributed by atoms with Crippen molar-refractivity contribution >= 4 is 12.2 Å². The van der Waals surface area contributed by atoms with Crippen LogP contribution in [0.5, 0.6) is 5.75 Å². The molecule has 0 saturated carbocycles. The molecule has 0 unspecified atom stereocenters. The molecule has 100 valence electrons. The van der Waals surface area contributed by atoms with Crippen molar-refractivity contribution in [3.8, 4) is 17.1 Å². The molecule has 1 aromatic carbocycles. The third kappa shape index (κ3) is 2.54. The van der Waals surface area contributed by atoms with Crippen LogP contribution in [0.3, 0.4) is 0 Å². The van der Waals surface area contributed by atoms with Crippen LogP contribution in [-0.4, -0.2) is 32.6 Å². The van der Waals surface area contributed by atoms with Crippen LogP contribution >= 0.6 is 12.2 Å².